The zero-order valence-corrected chi connectivity index (χ0v) is 32.5. The van der Waals surface area contributed by atoms with Gasteiger partial charge in [-0.3, -0.25) is 0 Å². The molecule has 4 heteroatoms. The first-order valence-corrected chi connectivity index (χ1v) is 21.2. The van der Waals surface area contributed by atoms with Crippen LogP contribution in [0.5, 0.6) is 0 Å². The maximum absolute atomic E-state index is 2.55. The van der Waals surface area contributed by atoms with Crippen molar-refractivity contribution in [2.24, 2.45) is 0 Å². The molecule has 4 heterocycles. The summed E-state index contributed by atoms with van der Waals surface area (Å²) in [5.74, 6) is 0. The minimum Gasteiger partial charge on any atom is -0.310 e. The lowest BCUT2D eigenvalue weighted by atomic mass is 9.70. The first-order valence-electron chi connectivity index (χ1n) is 19.5. The van der Waals surface area contributed by atoms with Crippen molar-refractivity contribution in [1.29, 1.82) is 0 Å². The number of nitrogens with zero attached hydrogens (tertiary/aromatic N) is 2. The van der Waals surface area contributed by atoms with Gasteiger partial charge in [0.25, 0.3) is 0 Å². The number of thiophene rings is 2. The van der Waals surface area contributed by atoms with Gasteiger partial charge in [-0.05, 0) is 126 Å². The Balaban J connectivity index is 1.01. The van der Waals surface area contributed by atoms with E-state index in [9.17, 15) is 0 Å². The summed E-state index contributed by atoms with van der Waals surface area (Å²) in [7, 11) is 0. The van der Waals surface area contributed by atoms with E-state index in [2.05, 4.69) is 169 Å². The van der Waals surface area contributed by atoms with E-state index in [0.717, 1.165) is 25.7 Å². The van der Waals surface area contributed by atoms with Crippen molar-refractivity contribution in [3.63, 3.8) is 0 Å². The molecule has 0 bridgehead atoms. The SMILES string of the molecule is CC1(C)C2=CCCC=C2N(c2ccc3sc4c(c3c2)C=CCC4)c2ccc(-c3ccc4c(c3)c3ccccc3n4-c3ccc4sc5ccccc5c4c3)cc21. The second-order valence-corrected chi connectivity index (χ2v) is 18.1. The Bertz CT molecular complexity index is 3190. The van der Waals surface area contributed by atoms with Gasteiger partial charge >= 0.3 is 0 Å². The van der Waals surface area contributed by atoms with Crippen LogP contribution in [0.25, 0.3) is 75.0 Å². The molecular formula is C51H38N2S2. The Kier molecular flexibility index (Phi) is 6.71. The van der Waals surface area contributed by atoms with Crippen LogP contribution in [0, 0.1) is 0 Å². The van der Waals surface area contributed by atoms with E-state index in [4.69, 9.17) is 0 Å². The van der Waals surface area contributed by atoms with Gasteiger partial charge in [0.05, 0.1) is 16.7 Å². The van der Waals surface area contributed by atoms with Crippen molar-refractivity contribution in [1.82, 2.24) is 4.57 Å². The number of hydrogen-bond acceptors (Lipinski definition) is 3. The number of para-hydroxylation sites is 1. The van der Waals surface area contributed by atoms with Crippen molar-refractivity contribution < 1.29 is 0 Å². The molecular weight excluding hydrogens is 705 g/mol. The zero-order valence-electron chi connectivity index (χ0n) is 30.9. The highest BCUT2D eigenvalue weighted by atomic mass is 32.1. The molecule has 0 spiro atoms. The third-order valence-corrected chi connectivity index (χ3v) is 14.8. The molecule has 0 radical (unpaired) electrons. The van der Waals surface area contributed by atoms with Gasteiger partial charge in [0.2, 0.25) is 0 Å². The van der Waals surface area contributed by atoms with Crippen molar-refractivity contribution in [3.8, 4) is 16.8 Å². The molecule has 3 aromatic heterocycles. The molecule has 9 aromatic rings. The number of hydrogen-bond donors (Lipinski definition) is 0. The van der Waals surface area contributed by atoms with Gasteiger partial charge in [-0.1, -0.05) is 86.7 Å². The zero-order chi connectivity index (χ0) is 36.4. The standard InChI is InChI=1S/C51H38N2S2/c1-51(2)41-14-6-8-16-45(41)53(34-22-26-50-40(30-34)37-13-5-10-18-48(37)55-50)46-24-20-32(28-42(46)51)31-19-23-44-38(27-31)35-11-3-7-15-43(35)52(44)33-21-25-49-39(29-33)36-12-4-9-17-47(36)54-49/h3-5,7,9,11-17,19-30H,6,8,10,18H2,1-2H3. The predicted octanol–water partition coefficient (Wildman–Crippen LogP) is 15.0. The molecule has 0 saturated carbocycles. The van der Waals surface area contributed by atoms with E-state index in [1.54, 1.807) is 0 Å². The van der Waals surface area contributed by atoms with Crippen LogP contribution in [0.3, 0.4) is 0 Å². The summed E-state index contributed by atoms with van der Waals surface area (Å²) in [6.07, 6.45) is 14.1. The Hall–Kier alpha value is -5.68. The van der Waals surface area contributed by atoms with Crippen molar-refractivity contribution in [3.05, 3.63) is 167 Å². The first-order chi connectivity index (χ1) is 27.0. The van der Waals surface area contributed by atoms with Crippen LogP contribution in [0.2, 0.25) is 0 Å². The second-order valence-electron chi connectivity index (χ2n) is 15.9. The summed E-state index contributed by atoms with van der Waals surface area (Å²) in [5, 5.41) is 6.60. The van der Waals surface area contributed by atoms with Gasteiger partial charge in [-0.2, -0.15) is 0 Å². The Morgan fingerprint density at radius 2 is 1.29 bits per heavy atom. The molecule has 1 aliphatic heterocycles. The number of fused-ring (bicyclic) bond motifs is 11. The van der Waals surface area contributed by atoms with Crippen LogP contribution in [0.1, 0.15) is 49.1 Å². The summed E-state index contributed by atoms with van der Waals surface area (Å²) in [4.78, 5) is 4.07. The van der Waals surface area contributed by atoms with E-state index < -0.39 is 0 Å². The second kappa shape index (κ2) is 11.7. The number of anilines is 2. The van der Waals surface area contributed by atoms with E-state index >= 15 is 0 Å². The molecule has 0 atom stereocenters. The summed E-state index contributed by atoms with van der Waals surface area (Å²) in [6.45, 7) is 4.84. The molecule has 0 N–H and O–H groups in total. The lowest BCUT2D eigenvalue weighted by Gasteiger charge is -2.45. The van der Waals surface area contributed by atoms with Gasteiger partial charge in [-0.25, -0.2) is 0 Å². The predicted molar refractivity (Wildman–Crippen MR) is 239 cm³/mol. The van der Waals surface area contributed by atoms with Crippen molar-refractivity contribution in [2.45, 2.75) is 44.9 Å². The normalized spacial score (nSPS) is 16.1. The fourth-order valence-corrected chi connectivity index (χ4v) is 12.1. The third kappa shape index (κ3) is 4.59. The van der Waals surface area contributed by atoms with Gasteiger partial charge in [0.15, 0.2) is 0 Å². The Morgan fingerprint density at radius 1 is 0.564 bits per heavy atom. The van der Waals surface area contributed by atoms with Gasteiger partial charge in [0, 0.05) is 68.4 Å². The fraction of sp³-hybridized carbons (Fsp3) is 0.137. The number of allylic oxidation sites excluding steroid dienone is 4. The summed E-state index contributed by atoms with van der Waals surface area (Å²) in [5.41, 5.74) is 14.2. The quantitative estimate of drug-likeness (QED) is 0.175. The molecule has 0 unspecified atom stereocenters. The molecule has 55 heavy (non-hydrogen) atoms. The molecule has 2 aliphatic carbocycles. The minimum atomic E-state index is -0.132. The highest BCUT2D eigenvalue weighted by molar-refractivity contribution is 7.25. The van der Waals surface area contributed by atoms with E-state index in [1.165, 1.54) is 108 Å². The topological polar surface area (TPSA) is 8.17 Å². The van der Waals surface area contributed by atoms with Crippen LogP contribution in [0.4, 0.5) is 11.4 Å². The van der Waals surface area contributed by atoms with Gasteiger partial charge < -0.3 is 9.47 Å². The van der Waals surface area contributed by atoms with E-state index in [1.807, 2.05) is 22.7 Å². The molecule has 264 valence electrons. The molecule has 6 aromatic carbocycles. The number of rotatable bonds is 3. The van der Waals surface area contributed by atoms with Crippen LogP contribution >= 0.6 is 22.7 Å². The fourth-order valence-electron chi connectivity index (χ4n) is 9.78. The van der Waals surface area contributed by atoms with Crippen molar-refractivity contribution >= 4 is 92.2 Å². The van der Waals surface area contributed by atoms with Crippen LogP contribution < -0.4 is 4.90 Å². The molecule has 3 aliphatic rings. The van der Waals surface area contributed by atoms with Gasteiger partial charge in [-0.15, -0.1) is 22.7 Å². The average Bonchev–Trinajstić information content (AvgIpc) is 3.90. The number of aryl methyl sites for hydroxylation is 1. The van der Waals surface area contributed by atoms with E-state index in [-0.39, 0.29) is 5.41 Å². The van der Waals surface area contributed by atoms with Crippen LogP contribution in [0.15, 0.2) is 151 Å². The molecule has 2 nitrogen and oxygen atoms in total. The Labute approximate surface area is 328 Å². The first kappa shape index (κ1) is 31.6. The summed E-state index contributed by atoms with van der Waals surface area (Å²) < 4.78 is 6.51. The van der Waals surface area contributed by atoms with Crippen LogP contribution in [-0.4, -0.2) is 4.57 Å². The smallest absolute Gasteiger partial charge is 0.0541 e. The highest BCUT2D eigenvalue weighted by Crippen LogP contribution is 2.53. The monoisotopic (exact) mass is 742 g/mol. The lowest BCUT2D eigenvalue weighted by Crippen LogP contribution is -2.36. The maximum Gasteiger partial charge on any atom is 0.0541 e. The minimum absolute atomic E-state index is 0.132. The lowest BCUT2D eigenvalue weighted by molar-refractivity contribution is 0.603. The molecule has 0 fully saturated rings. The highest BCUT2D eigenvalue weighted by Gasteiger charge is 2.40. The van der Waals surface area contributed by atoms with E-state index in [0.29, 0.717) is 0 Å². The Morgan fingerprint density at radius 3 is 2.22 bits per heavy atom. The summed E-state index contributed by atoms with van der Waals surface area (Å²) >= 11 is 3.84. The third-order valence-electron chi connectivity index (χ3n) is 12.4. The van der Waals surface area contributed by atoms with Crippen molar-refractivity contribution in [2.75, 3.05) is 4.90 Å². The molecule has 0 amide bonds. The van der Waals surface area contributed by atoms with Crippen LogP contribution in [-0.2, 0) is 11.8 Å². The largest absolute Gasteiger partial charge is 0.310 e. The number of benzene rings is 6. The molecule has 0 saturated heterocycles. The molecule has 12 rings (SSSR count). The summed E-state index contributed by atoms with van der Waals surface area (Å²) in [6, 6.07) is 46.1. The maximum atomic E-state index is 2.55. The van der Waals surface area contributed by atoms with Gasteiger partial charge in [0.1, 0.15) is 0 Å². The average molecular weight is 743 g/mol. The number of aromatic nitrogens is 1.